The standard InChI is InChI=1S/C19H21NO4/c21-18(22)13-5-2-8-14-20-19(23)16-11-6-7-12-17(16)24-15-9-3-1-4-10-15/h1,3-4,6-7,9-12H,2,5,8,13-14H2,(H,20,23)(H,21,22). The Bertz CT molecular complexity index is 670. The first-order valence-electron chi connectivity index (χ1n) is 7.99. The first kappa shape index (κ1) is 17.5. The Kier molecular flexibility index (Phi) is 6.83. The van der Waals surface area contributed by atoms with Crippen molar-refractivity contribution in [3.63, 3.8) is 0 Å². The maximum absolute atomic E-state index is 12.3. The van der Waals surface area contributed by atoms with Gasteiger partial charge in [-0.1, -0.05) is 36.8 Å². The van der Waals surface area contributed by atoms with Crippen LogP contribution in [0.15, 0.2) is 54.6 Å². The second-order valence-corrected chi connectivity index (χ2v) is 5.37. The van der Waals surface area contributed by atoms with Crippen LogP contribution in [-0.4, -0.2) is 23.5 Å². The topological polar surface area (TPSA) is 75.6 Å². The third-order valence-corrected chi connectivity index (χ3v) is 3.46. The number of carboxylic acid groups (broad SMARTS) is 1. The second kappa shape index (κ2) is 9.35. The minimum Gasteiger partial charge on any atom is -0.481 e. The van der Waals surface area contributed by atoms with E-state index < -0.39 is 5.97 Å². The summed E-state index contributed by atoms with van der Waals surface area (Å²) in [5, 5.41) is 11.4. The zero-order valence-electron chi connectivity index (χ0n) is 13.4. The summed E-state index contributed by atoms with van der Waals surface area (Å²) in [6.07, 6.45) is 2.32. The molecule has 1 amide bonds. The highest BCUT2D eigenvalue weighted by molar-refractivity contribution is 5.97. The van der Waals surface area contributed by atoms with Crippen LogP contribution in [0.3, 0.4) is 0 Å². The summed E-state index contributed by atoms with van der Waals surface area (Å²) in [5.74, 6) is 0.198. The number of nitrogens with one attached hydrogen (secondary N) is 1. The summed E-state index contributed by atoms with van der Waals surface area (Å²) in [7, 11) is 0. The third kappa shape index (κ3) is 5.76. The molecule has 5 nitrogen and oxygen atoms in total. The molecule has 0 aliphatic heterocycles. The quantitative estimate of drug-likeness (QED) is 0.686. The van der Waals surface area contributed by atoms with Gasteiger partial charge in [-0.2, -0.15) is 0 Å². The lowest BCUT2D eigenvalue weighted by Crippen LogP contribution is -2.24. The van der Waals surface area contributed by atoms with E-state index in [2.05, 4.69) is 5.32 Å². The van der Waals surface area contributed by atoms with Crippen LogP contribution < -0.4 is 10.1 Å². The average molecular weight is 327 g/mol. The zero-order chi connectivity index (χ0) is 17.2. The molecule has 0 heterocycles. The van der Waals surface area contributed by atoms with E-state index in [1.165, 1.54) is 0 Å². The van der Waals surface area contributed by atoms with Gasteiger partial charge >= 0.3 is 5.97 Å². The molecule has 0 radical (unpaired) electrons. The van der Waals surface area contributed by atoms with Crippen molar-refractivity contribution >= 4 is 11.9 Å². The minimum absolute atomic E-state index is 0.168. The van der Waals surface area contributed by atoms with Crippen LogP contribution in [0.25, 0.3) is 0 Å². The SMILES string of the molecule is O=C(O)CCCCCNC(=O)c1ccccc1Oc1ccccc1. The van der Waals surface area contributed by atoms with Gasteiger partial charge in [-0.25, -0.2) is 0 Å². The maximum atomic E-state index is 12.3. The van der Waals surface area contributed by atoms with Crippen LogP contribution in [-0.2, 0) is 4.79 Å². The number of unbranched alkanes of at least 4 members (excludes halogenated alkanes) is 2. The molecule has 0 saturated heterocycles. The van der Waals surface area contributed by atoms with Gasteiger partial charge in [-0.15, -0.1) is 0 Å². The van der Waals surface area contributed by atoms with Crippen molar-refractivity contribution in [2.24, 2.45) is 0 Å². The molecule has 0 aliphatic carbocycles. The number of ether oxygens (including phenoxy) is 1. The van der Waals surface area contributed by atoms with Gasteiger partial charge in [-0.05, 0) is 37.1 Å². The van der Waals surface area contributed by atoms with E-state index in [4.69, 9.17) is 9.84 Å². The van der Waals surface area contributed by atoms with E-state index in [0.29, 0.717) is 30.0 Å². The normalized spacial score (nSPS) is 10.2. The first-order chi connectivity index (χ1) is 11.7. The lowest BCUT2D eigenvalue weighted by molar-refractivity contribution is -0.137. The lowest BCUT2D eigenvalue weighted by Gasteiger charge is -2.11. The highest BCUT2D eigenvalue weighted by Crippen LogP contribution is 2.24. The molecular weight excluding hydrogens is 306 g/mol. The van der Waals surface area contributed by atoms with Crippen molar-refractivity contribution in [2.45, 2.75) is 25.7 Å². The van der Waals surface area contributed by atoms with E-state index in [1.807, 2.05) is 36.4 Å². The predicted octanol–water partition coefficient (Wildman–Crippen LogP) is 3.85. The van der Waals surface area contributed by atoms with Crippen LogP contribution in [0.1, 0.15) is 36.0 Å². The molecule has 24 heavy (non-hydrogen) atoms. The highest BCUT2D eigenvalue weighted by Gasteiger charge is 2.12. The Hall–Kier alpha value is -2.82. The molecule has 5 heteroatoms. The van der Waals surface area contributed by atoms with Gasteiger partial charge in [0, 0.05) is 13.0 Å². The van der Waals surface area contributed by atoms with E-state index in [-0.39, 0.29) is 12.3 Å². The minimum atomic E-state index is -0.786. The number of hydrogen-bond acceptors (Lipinski definition) is 3. The van der Waals surface area contributed by atoms with Gasteiger partial charge in [0.2, 0.25) is 0 Å². The third-order valence-electron chi connectivity index (χ3n) is 3.46. The lowest BCUT2D eigenvalue weighted by atomic mass is 10.1. The van der Waals surface area contributed by atoms with E-state index in [9.17, 15) is 9.59 Å². The number of para-hydroxylation sites is 2. The summed E-state index contributed by atoms with van der Waals surface area (Å²) in [6.45, 7) is 0.512. The molecule has 0 spiro atoms. The summed E-state index contributed by atoms with van der Waals surface area (Å²) in [5.41, 5.74) is 0.479. The van der Waals surface area contributed by atoms with Crippen molar-refractivity contribution in [2.75, 3.05) is 6.54 Å². The number of hydrogen-bond donors (Lipinski definition) is 2. The molecule has 0 atom stereocenters. The molecule has 0 aromatic heterocycles. The number of rotatable bonds is 9. The van der Waals surface area contributed by atoms with Crippen molar-refractivity contribution in [3.05, 3.63) is 60.2 Å². The Morgan fingerprint density at radius 2 is 1.62 bits per heavy atom. The van der Waals surface area contributed by atoms with E-state index in [0.717, 1.165) is 12.8 Å². The van der Waals surface area contributed by atoms with Crippen LogP contribution >= 0.6 is 0 Å². The predicted molar refractivity (Wildman–Crippen MR) is 91.4 cm³/mol. The monoisotopic (exact) mass is 327 g/mol. The first-order valence-corrected chi connectivity index (χ1v) is 7.99. The van der Waals surface area contributed by atoms with Crippen molar-refractivity contribution < 1.29 is 19.4 Å². The molecule has 126 valence electrons. The number of aliphatic carboxylic acids is 1. The highest BCUT2D eigenvalue weighted by atomic mass is 16.5. The number of benzene rings is 2. The molecule has 0 bridgehead atoms. The van der Waals surface area contributed by atoms with E-state index >= 15 is 0 Å². The fourth-order valence-corrected chi connectivity index (χ4v) is 2.23. The summed E-state index contributed by atoms with van der Waals surface area (Å²) in [6, 6.07) is 16.4. The number of amides is 1. The number of carbonyl (C=O) groups excluding carboxylic acids is 1. The fraction of sp³-hybridized carbons (Fsp3) is 0.263. The molecule has 2 aromatic carbocycles. The molecule has 0 fully saturated rings. The maximum Gasteiger partial charge on any atom is 0.303 e. The smallest absolute Gasteiger partial charge is 0.303 e. The van der Waals surface area contributed by atoms with Gasteiger partial charge in [0.1, 0.15) is 11.5 Å². The Balaban J connectivity index is 1.87. The Labute approximate surface area is 141 Å². The zero-order valence-corrected chi connectivity index (χ0v) is 13.4. The molecular formula is C19H21NO4. The number of carboxylic acids is 1. The van der Waals surface area contributed by atoms with Crippen molar-refractivity contribution in [1.29, 1.82) is 0 Å². The van der Waals surface area contributed by atoms with E-state index in [1.54, 1.807) is 18.2 Å². The van der Waals surface area contributed by atoms with Gasteiger partial charge in [0.25, 0.3) is 5.91 Å². The molecule has 0 aliphatic rings. The Morgan fingerprint density at radius 1 is 0.917 bits per heavy atom. The Morgan fingerprint density at radius 3 is 2.38 bits per heavy atom. The van der Waals surface area contributed by atoms with Crippen LogP contribution in [0.4, 0.5) is 0 Å². The van der Waals surface area contributed by atoms with Gasteiger partial charge in [0.15, 0.2) is 0 Å². The number of carbonyl (C=O) groups is 2. The second-order valence-electron chi connectivity index (χ2n) is 5.37. The molecule has 2 rings (SSSR count). The van der Waals surface area contributed by atoms with Crippen molar-refractivity contribution in [1.82, 2.24) is 5.32 Å². The molecule has 0 saturated carbocycles. The summed E-state index contributed by atoms with van der Waals surface area (Å²) < 4.78 is 5.78. The largest absolute Gasteiger partial charge is 0.481 e. The van der Waals surface area contributed by atoms with Crippen LogP contribution in [0.2, 0.25) is 0 Å². The molecule has 2 N–H and O–H groups in total. The van der Waals surface area contributed by atoms with Crippen LogP contribution in [0.5, 0.6) is 11.5 Å². The van der Waals surface area contributed by atoms with Crippen molar-refractivity contribution in [3.8, 4) is 11.5 Å². The summed E-state index contributed by atoms with van der Waals surface area (Å²) in [4.78, 5) is 22.7. The van der Waals surface area contributed by atoms with Gasteiger partial charge < -0.3 is 15.2 Å². The average Bonchev–Trinajstić information content (AvgIpc) is 2.59. The van der Waals surface area contributed by atoms with Crippen LogP contribution in [0, 0.1) is 0 Å². The fourth-order valence-electron chi connectivity index (χ4n) is 2.23. The molecule has 2 aromatic rings. The van der Waals surface area contributed by atoms with Gasteiger partial charge in [-0.3, -0.25) is 9.59 Å². The van der Waals surface area contributed by atoms with Gasteiger partial charge in [0.05, 0.1) is 5.56 Å². The molecule has 0 unspecified atom stereocenters. The summed E-state index contributed by atoms with van der Waals surface area (Å²) >= 11 is 0.